The highest BCUT2D eigenvalue weighted by Gasteiger charge is 2.50. The summed E-state index contributed by atoms with van der Waals surface area (Å²) in [4.78, 5) is 44.9. The second-order valence-electron chi connectivity index (χ2n) is 5.18. The molecule has 1 aliphatic rings. The van der Waals surface area contributed by atoms with E-state index >= 15 is 0 Å². The van der Waals surface area contributed by atoms with Crippen molar-refractivity contribution in [1.82, 2.24) is 0 Å². The predicted molar refractivity (Wildman–Crippen MR) is 82.9 cm³/mol. The molecule has 10 nitrogen and oxygen atoms in total. The van der Waals surface area contributed by atoms with Gasteiger partial charge in [-0.1, -0.05) is 7.43 Å². The molecular weight excluding hydrogens is 338 g/mol. The number of esters is 4. The van der Waals surface area contributed by atoms with E-state index in [1.807, 2.05) is 0 Å². The van der Waals surface area contributed by atoms with Crippen molar-refractivity contribution in [2.45, 2.75) is 65.8 Å². The molecule has 0 aromatic rings. The van der Waals surface area contributed by atoms with E-state index in [1.165, 1.54) is 6.92 Å². The first kappa shape index (κ1) is 22.8. The molecule has 1 heterocycles. The van der Waals surface area contributed by atoms with Crippen LogP contribution in [0.15, 0.2) is 0 Å². The number of nitrogens with two attached hydrogens (primary N) is 1. The minimum atomic E-state index is -1.26. The maximum atomic E-state index is 11.3. The summed E-state index contributed by atoms with van der Waals surface area (Å²) in [6.07, 6.45) is -4.58. The zero-order valence-electron chi connectivity index (χ0n) is 13.8. The van der Waals surface area contributed by atoms with Crippen LogP contribution in [0, 0.1) is 0 Å². The Balaban J connectivity index is 0.00000576. The molecule has 10 heteroatoms. The third-order valence-electron chi connectivity index (χ3n) is 3.03. The van der Waals surface area contributed by atoms with Crippen molar-refractivity contribution in [3.63, 3.8) is 0 Å². The average molecular weight is 363 g/mol. The summed E-state index contributed by atoms with van der Waals surface area (Å²) in [5.41, 5.74) is 5.93. The lowest BCUT2D eigenvalue weighted by Crippen LogP contribution is -2.65. The second-order valence-corrected chi connectivity index (χ2v) is 5.18. The number of hydrogen-bond donors (Lipinski definition) is 1. The molecule has 0 bridgehead atoms. The first-order valence-electron chi connectivity index (χ1n) is 7.18. The van der Waals surface area contributed by atoms with Gasteiger partial charge in [0.05, 0.1) is 0 Å². The molecule has 0 aliphatic carbocycles. The lowest BCUT2D eigenvalue weighted by molar-refractivity contribution is -0.267. The first-order valence-corrected chi connectivity index (χ1v) is 7.18. The fourth-order valence-electron chi connectivity index (χ4n) is 2.20. The minimum Gasteiger partial charge on any atom is -0.463 e. The van der Waals surface area contributed by atoms with Gasteiger partial charge < -0.3 is 29.4 Å². The van der Waals surface area contributed by atoms with Gasteiger partial charge in [-0.05, 0) is 0 Å². The molecule has 0 saturated carbocycles. The molecule has 144 valence electrons. The summed E-state index contributed by atoms with van der Waals surface area (Å²) < 4.78 is 25.5. The van der Waals surface area contributed by atoms with Crippen molar-refractivity contribution in [2.75, 3.05) is 6.61 Å². The van der Waals surface area contributed by atoms with E-state index in [9.17, 15) is 19.2 Å². The zero-order chi connectivity index (χ0) is 18.4. The molecule has 0 amide bonds. The smallest absolute Gasteiger partial charge is 0.304 e. The number of rotatable bonds is 5. The van der Waals surface area contributed by atoms with Gasteiger partial charge in [0.25, 0.3) is 0 Å². The molecule has 1 fully saturated rings. The van der Waals surface area contributed by atoms with E-state index in [2.05, 4.69) is 0 Å². The Morgan fingerprint density at radius 1 is 0.840 bits per heavy atom. The fourth-order valence-corrected chi connectivity index (χ4v) is 2.20. The van der Waals surface area contributed by atoms with Crippen LogP contribution in [0.1, 0.15) is 35.1 Å². The van der Waals surface area contributed by atoms with Crippen LogP contribution >= 0.6 is 0 Å². The first-order chi connectivity index (χ1) is 11.1. The number of carbonyl (C=O) groups excluding carboxylic acids is 4. The molecule has 0 aromatic carbocycles. The topological polar surface area (TPSA) is 140 Å². The molecule has 0 radical (unpaired) electrons. The third kappa shape index (κ3) is 7.06. The summed E-state index contributed by atoms with van der Waals surface area (Å²) >= 11 is 0. The highest BCUT2D eigenvalue weighted by molar-refractivity contribution is 5.68. The quantitative estimate of drug-likeness (QED) is 0.509. The van der Waals surface area contributed by atoms with Crippen molar-refractivity contribution in [3.8, 4) is 0 Å². The summed E-state index contributed by atoms with van der Waals surface area (Å²) in [6, 6.07) is -1.10. The molecule has 0 aromatic heterocycles. The van der Waals surface area contributed by atoms with Crippen LogP contribution in [-0.2, 0) is 42.9 Å². The summed E-state index contributed by atoms with van der Waals surface area (Å²) in [5.74, 6) is -2.62. The predicted octanol–water partition coefficient (Wildman–Crippen LogP) is -0.336. The molecule has 2 N–H and O–H groups in total. The lowest BCUT2D eigenvalue weighted by atomic mass is 9.97. The van der Waals surface area contributed by atoms with Crippen LogP contribution in [0.25, 0.3) is 0 Å². The van der Waals surface area contributed by atoms with Gasteiger partial charge >= 0.3 is 23.9 Å². The molecular formula is C15H25NO9. The van der Waals surface area contributed by atoms with Crippen molar-refractivity contribution < 1.29 is 42.9 Å². The highest BCUT2D eigenvalue weighted by Crippen LogP contribution is 2.26. The Morgan fingerprint density at radius 2 is 1.32 bits per heavy atom. The van der Waals surface area contributed by atoms with Crippen LogP contribution in [0.5, 0.6) is 0 Å². The summed E-state index contributed by atoms with van der Waals surface area (Å²) in [7, 11) is 0. The normalized spacial score (nSPS) is 28.1. The van der Waals surface area contributed by atoms with Crippen LogP contribution in [-0.4, -0.2) is 61.1 Å². The average Bonchev–Trinajstić information content (AvgIpc) is 2.42. The molecule has 25 heavy (non-hydrogen) atoms. The van der Waals surface area contributed by atoms with E-state index in [4.69, 9.17) is 29.4 Å². The molecule has 0 unspecified atom stereocenters. The van der Waals surface area contributed by atoms with E-state index in [-0.39, 0.29) is 14.0 Å². The van der Waals surface area contributed by atoms with Gasteiger partial charge in [0.1, 0.15) is 18.8 Å². The lowest BCUT2D eigenvalue weighted by Gasteiger charge is -2.42. The van der Waals surface area contributed by atoms with E-state index < -0.39 is 54.5 Å². The SMILES string of the molecule is C.CC(=O)OC[C@H]1O[C@H](OC(C)=O)[C@H](N)[C@@H](OC(C)=O)[C@@H]1OC(C)=O. The Hall–Kier alpha value is -2.20. The Morgan fingerprint density at radius 3 is 1.76 bits per heavy atom. The molecule has 1 aliphatic heterocycles. The van der Waals surface area contributed by atoms with Crippen molar-refractivity contribution >= 4 is 23.9 Å². The van der Waals surface area contributed by atoms with Crippen molar-refractivity contribution in [2.24, 2.45) is 5.73 Å². The molecule has 1 rings (SSSR count). The maximum Gasteiger partial charge on any atom is 0.304 e. The third-order valence-corrected chi connectivity index (χ3v) is 3.03. The molecule has 0 spiro atoms. The van der Waals surface area contributed by atoms with Crippen LogP contribution < -0.4 is 5.73 Å². The molecule has 5 atom stereocenters. The van der Waals surface area contributed by atoms with Crippen LogP contribution in [0.4, 0.5) is 0 Å². The van der Waals surface area contributed by atoms with Crippen LogP contribution in [0.2, 0.25) is 0 Å². The van der Waals surface area contributed by atoms with Crippen molar-refractivity contribution in [1.29, 1.82) is 0 Å². The van der Waals surface area contributed by atoms with Gasteiger partial charge in [0.15, 0.2) is 12.2 Å². The van der Waals surface area contributed by atoms with E-state index in [0.29, 0.717) is 0 Å². The monoisotopic (exact) mass is 363 g/mol. The molecule has 1 saturated heterocycles. The zero-order valence-corrected chi connectivity index (χ0v) is 13.8. The van der Waals surface area contributed by atoms with Gasteiger partial charge in [-0.15, -0.1) is 0 Å². The van der Waals surface area contributed by atoms with Crippen LogP contribution in [0.3, 0.4) is 0 Å². The Bertz CT molecular complexity index is 491. The summed E-state index contributed by atoms with van der Waals surface area (Å²) in [6.45, 7) is 4.32. The second kappa shape index (κ2) is 9.94. The van der Waals surface area contributed by atoms with Gasteiger partial charge in [-0.25, -0.2) is 0 Å². The van der Waals surface area contributed by atoms with Crippen molar-refractivity contribution in [3.05, 3.63) is 0 Å². The highest BCUT2D eigenvalue weighted by atomic mass is 16.7. The number of hydrogen-bond acceptors (Lipinski definition) is 10. The fraction of sp³-hybridized carbons (Fsp3) is 0.733. The van der Waals surface area contributed by atoms with E-state index in [0.717, 1.165) is 20.8 Å². The largest absolute Gasteiger partial charge is 0.463 e. The Kier molecular flexibility index (Phi) is 9.07. The van der Waals surface area contributed by atoms with Gasteiger partial charge in [0.2, 0.25) is 6.29 Å². The number of ether oxygens (including phenoxy) is 5. The number of carbonyl (C=O) groups is 4. The van der Waals surface area contributed by atoms with Gasteiger partial charge in [0, 0.05) is 27.7 Å². The summed E-state index contributed by atoms with van der Waals surface area (Å²) in [5, 5.41) is 0. The maximum absolute atomic E-state index is 11.3. The van der Waals surface area contributed by atoms with Gasteiger partial charge in [-0.2, -0.15) is 0 Å². The standard InChI is InChI=1S/C14H21NO9.CH4/c1-6(16)20-5-10-12(21-7(2)17)13(22-8(3)18)11(15)14(24-10)23-9(4)19;/h10-14H,5,15H2,1-4H3;1H4/t10-,11-,12-,13-,14+;/m1./s1. The van der Waals surface area contributed by atoms with E-state index in [1.54, 1.807) is 0 Å². The minimum absolute atomic E-state index is 0. The Labute approximate surface area is 145 Å². The van der Waals surface area contributed by atoms with Gasteiger partial charge in [-0.3, -0.25) is 19.2 Å².